The van der Waals surface area contributed by atoms with Gasteiger partial charge in [-0.2, -0.15) is 0 Å². The topological polar surface area (TPSA) is 182 Å². The fourth-order valence-corrected chi connectivity index (χ4v) is 7.07. The summed E-state index contributed by atoms with van der Waals surface area (Å²) in [5.74, 6) is -6.29. The summed E-state index contributed by atoms with van der Waals surface area (Å²) < 4.78 is 10.6. The van der Waals surface area contributed by atoms with Crippen LogP contribution < -0.4 is 10.6 Å². The Kier molecular flexibility index (Phi) is 13.3. The zero-order chi connectivity index (χ0) is 44.6. The van der Waals surface area contributed by atoms with Gasteiger partial charge in [0.15, 0.2) is 24.8 Å². The summed E-state index contributed by atoms with van der Waals surface area (Å²) in [5.41, 5.74) is 1.20. The number of hydrogen-bond acceptors (Lipinski definition) is 10. The van der Waals surface area contributed by atoms with Gasteiger partial charge in [-0.15, -0.1) is 0 Å². The molecule has 1 aliphatic rings. The highest BCUT2D eigenvalue weighted by Crippen LogP contribution is 2.29. The van der Waals surface area contributed by atoms with Crippen LogP contribution in [0.5, 0.6) is 0 Å². The quantitative estimate of drug-likeness (QED) is 0.0591. The summed E-state index contributed by atoms with van der Waals surface area (Å²) in [6.07, 6.45) is -0.185. The lowest BCUT2D eigenvalue weighted by Gasteiger charge is -2.24. The third-order valence-corrected chi connectivity index (χ3v) is 10.2. The number of ketones is 2. The van der Waals surface area contributed by atoms with E-state index in [0.29, 0.717) is 21.6 Å². The average Bonchev–Trinajstić information content (AvgIpc) is 3.55. The van der Waals surface area contributed by atoms with Gasteiger partial charge in [0.05, 0.1) is 28.1 Å². The molecule has 0 aliphatic carbocycles. The normalized spacial score (nSPS) is 12.2. The fourth-order valence-electron chi connectivity index (χ4n) is 6.72. The minimum Gasteiger partial charge on any atom is -0.454 e. The first kappa shape index (κ1) is 43.4. The Morgan fingerprint density at radius 2 is 1.00 bits per heavy atom. The number of esters is 2. The molecule has 4 amide bonds. The number of carbonyl (C=O) groups is 8. The molecule has 1 unspecified atom stereocenters. The number of fused-ring (bicyclic) bond motifs is 1. The first-order chi connectivity index (χ1) is 30.4. The Labute approximate surface area is 369 Å². The Morgan fingerprint density at radius 1 is 0.524 bits per heavy atom. The van der Waals surface area contributed by atoms with Crippen molar-refractivity contribution in [3.8, 4) is 0 Å². The van der Waals surface area contributed by atoms with Gasteiger partial charge in [0, 0.05) is 38.7 Å². The predicted molar refractivity (Wildman–Crippen MR) is 232 cm³/mol. The van der Waals surface area contributed by atoms with Crippen molar-refractivity contribution in [2.24, 2.45) is 0 Å². The zero-order valence-corrected chi connectivity index (χ0v) is 34.4. The third kappa shape index (κ3) is 10.1. The molecule has 63 heavy (non-hydrogen) atoms. The average molecular weight is 883 g/mol. The first-order valence-corrected chi connectivity index (χ1v) is 19.9. The lowest BCUT2D eigenvalue weighted by molar-refractivity contribution is -0.151. The second kappa shape index (κ2) is 19.3. The van der Waals surface area contributed by atoms with E-state index in [0.717, 1.165) is 6.07 Å². The lowest BCUT2D eigenvalue weighted by Crippen LogP contribution is -2.47. The van der Waals surface area contributed by atoms with Crippen LogP contribution in [0.3, 0.4) is 0 Å². The van der Waals surface area contributed by atoms with E-state index in [1.54, 1.807) is 91.0 Å². The molecular formula is C48H33Cl2N3O10. The van der Waals surface area contributed by atoms with Crippen molar-refractivity contribution in [2.45, 2.75) is 12.5 Å². The van der Waals surface area contributed by atoms with E-state index in [-0.39, 0.29) is 55.7 Å². The molecule has 0 bridgehead atoms. The van der Waals surface area contributed by atoms with Gasteiger partial charge in [-0.05, 0) is 60.2 Å². The molecule has 0 radical (unpaired) electrons. The van der Waals surface area contributed by atoms with Crippen LogP contribution in [0.4, 0.5) is 11.4 Å². The molecule has 1 atom stereocenters. The molecule has 13 nitrogen and oxygen atoms in total. The Bertz CT molecular complexity index is 2800. The van der Waals surface area contributed by atoms with Crippen molar-refractivity contribution in [2.75, 3.05) is 23.8 Å². The molecule has 0 spiro atoms. The highest BCUT2D eigenvalue weighted by atomic mass is 35.5. The summed E-state index contributed by atoms with van der Waals surface area (Å²) in [6, 6.07) is 35.8. The van der Waals surface area contributed by atoms with Gasteiger partial charge in [0.25, 0.3) is 23.6 Å². The zero-order valence-electron chi connectivity index (χ0n) is 32.8. The van der Waals surface area contributed by atoms with Gasteiger partial charge in [-0.3, -0.25) is 33.7 Å². The number of nitrogens with zero attached hydrogens (tertiary/aromatic N) is 1. The summed E-state index contributed by atoms with van der Waals surface area (Å²) >= 11 is 12.3. The van der Waals surface area contributed by atoms with Gasteiger partial charge < -0.3 is 20.1 Å². The number of halogens is 2. The smallest absolute Gasteiger partial charge is 0.338 e. The van der Waals surface area contributed by atoms with E-state index in [4.69, 9.17) is 32.7 Å². The summed E-state index contributed by atoms with van der Waals surface area (Å²) in [5, 5.41) is 5.63. The largest absolute Gasteiger partial charge is 0.454 e. The van der Waals surface area contributed by atoms with Crippen LogP contribution in [-0.4, -0.2) is 71.3 Å². The van der Waals surface area contributed by atoms with Crippen molar-refractivity contribution in [1.82, 2.24) is 4.90 Å². The maximum absolute atomic E-state index is 13.9. The van der Waals surface area contributed by atoms with Gasteiger partial charge in [0.1, 0.15) is 6.04 Å². The number of hydrogen-bond donors (Lipinski definition) is 2. The summed E-state index contributed by atoms with van der Waals surface area (Å²) in [7, 11) is 0. The molecule has 1 heterocycles. The summed E-state index contributed by atoms with van der Waals surface area (Å²) in [4.78, 5) is 108. The molecule has 6 aromatic carbocycles. The lowest BCUT2D eigenvalue weighted by atomic mass is 10.0. The van der Waals surface area contributed by atoms with E-state index < -0.39 is 66.4 Å². The van der Waals surface area contributed by atoms with E-state index in [9.17, 15) is 38.4 Å². The first-order valence-electron chi connectivity index (χ1n) is 19.2. The van der Waals surface area contributed by atoms with Crippen molar-refractivity contribution in [1.29, 1.82) is 0 Å². The van der Waals surface area contributed by atoms with E-state index in [1.807, 2.05) is 0 Å². The van der Waals surface area contributed by atoms with Crippen LogP contribution in [0.2, 0.25) is 10.0 Å². The molecule has 15 heteroatoms. The molecule has 6 aromatic rings. The SMILES string of the molecule is O=C(COC(=O)c1ccc2c(c1)C(=O)N(C(Cc1ccccc1)C(=O)OCC(=O)Nc1ccc(Cl)cc1C(=O)c1ccccc1)C2=O)Nc1ccc(Cl)cc1C(=O)c1ccccc1. The third-order valence-electron chi connectivity index (χ3n) is 9.76. The molecule has 0 saturated carbocycles. The van der Waals surface area contributed by atoms with Gasteiger partial charge in [0.2, 0.25) is 0 Å². The number of nitrogens with one attached hydrogen (secondary N) is 2. The Balaban J connectivity index is 1.02. The highest BCUT2D eigenvalue weighted by Gasteiger charge is 2.44. The number of ether oxygens (including phenoxy) is 2. The van der Waals surface area contributed by atoms with E-state index in [2.05, 4.69) is 10.6 Å². The molecule has 7 rings (SSSR count). The van der Waals surface area contributed by atoms with Crippen LogP contribution in [0.15, 0.2) is 146 Å². The monoisotopic (exact) mass is 881 g/mol. The Hall–Kier alpha value is -7.74. The second-order valence-electron chi connectivity index (χ2n) is 14.0. The van der Waals surface area contributed by atoms with Crippen molar-refractivity contribution < 1.29 is 47.8 Å². The maximum Gasteiger partial charge on any atom is 0.338 e. The molecule has 314 valence electrons. The van der Waals surface area contributed by atoms with Crippen LogP contribution in [0.1, 0.15) is 68.5 Å². The van der Waals surface area contributed by atoms with E-state index >= 15 is 0 Å². The standard InChI is InChI=1S/C48H33Cl2N3O10/c49-32-17-20-38(36(24-32)43(56)29-12-6-2-7-13-29)51-41(54)26-62-47(60)31-16-19-34-35(23-31)46(59)53(45(34)58)40(22-28-10-4-1-5-11-28)48(61)63-27-42(55)52-39-21-18-33(50)25-37(39)44(57)30-14-8-3-9-15-30/h1-21,23-25,40H,22,26-27H2,(H,51,54)(H,52,55). The van der Waals surface area contributed by atoms with Crippen LogP contribution in [0, 0.1) is 0 Å². The number of carbonyl (C=O) groups excluding carboxylic acids is 8. The van der Waals surface area contributed by atoms with Gasteiger partial charge in [-0.25, -0.2) is 9.59 Å². The molecular weight excluding hydrogens is 849 g/mol. The van der Waals surface area contributed by atoms with Crippen molar-refractivity contribution in [3.05, 3.63) is 200 Å². The number of amides is 4. The number of rotatable bonds is 15. The van der Waals surface area contributed by atoms with Gasteiger partial charge in [-0.1, -0.05) is 114 Å². The minimum absolute atomic E-state index is 0.0941. The molecule has 0 fully saturated rings. The van der Waals surface area contributed by atoms with Crippen molar-refractivity contribution in [3.63, 3.8) is 0 Å². The second-order valence-corrected chi connectivity index (χ2v) is 14.9. The summed E-state index contributed by atoms with van der Waals surface area (Å²) in [6.45, 7) is -1.63. The van der Waals surface area contributed by atoms with Crippen LogP contribution >= 0.6 is 23.2 Å². The van der Waals surface area contributed by atoms with Gasteiger partial charge >= 0.3 is 11.9 Å². The molecule has 0 aromatic heterocycles. The Morgan fingerprint density at radius 3 is 1.52 bits per heavy atom. The van der Waals surface area contributed by atoms with Crippen molar-refractivity contribution >= 4 is 81.7 Å². The fraction of sp³-hybridized carbons (Fsp3) is 0.0833. The molecule has 1 aliphatic heterocycles. The van der Waals surface area contributed by atoms with E-state index in [1.165, 1.54) is 48.5 Å². The van der Waals surface area contributed by atoms with Crippen LogP contribution in [0.25, 0.3) is 0 Å². The molecule has 0 saturated heterocycles. The number of benzene rings is 6. The number of imide groups is 1. The number of anilines is 2. The van der Waals surface area contributed by atoms with Crippen LogP contribution in [-0.2, 0) is 30.3 Å². The predicted octanol–water partition coefficient (Wildman–Crippen LogP) is 7.64. The minimum atomic E-state index is -1.55. The highest BCUT2D eigenvalue weighted by molar-refractivity contribution is 6.32. The maximum atomic E-state index is 13.9. The molecule has 2 N–H and O–H groups in total.